The van der Waals surface area contributed by atoms with Crippen molar-refractivity contribution in [2.45, 2.75) is 13.3 Å². The fourth-order valence-corrected chi connectivity index (χ4v) is 1.75. The van der Waals surface area contributed by atoms with E-state index in [0.29, 0.717) is 0 Å². The van der Waals surface area contributed by atoms with E-state index in [2.05, 4.69) is 6.58 Å². The number of rotatable bonds is 8. The van der Waals surface area contributed by atoms with Gasteiger partial charge in [-0.05, 0) is 6.92 Å². The summed E-state index contributed by atoms with van der Waals surface area (Å²) in [6.07, 6.45) is 2.38. The molecule has 0 atom stereocenters. The summed E-state index contributed by atoms with van der Waals surface area (Å²) >= 11 is 0. The summed E-state index contributed by atoms with van der Waals surface area (Å²) in [6.45, 7) is 5.37. The molecule has 0 spiro atoms. The minimum Gasteiger partial charge on any atom is -0.465 e. The number of carbonyl (C=O) groups excluding carboxylic acids is 2. The van der Waals surface area contributed by atoms with Crippen LogP contribution in [0.1, 0.15) is 13.3 Å². The quantitative estimate of drug-likeness (QED) is 0.461. The largest absolute Gasteiger partial charge is 0.465 e. The van der Waals surface area contributed by atoms with Gasteiger partial charge < -0.3 is 9.64 Å². The molecule has 0 N–H and O–H groups in total. The number of nitrogens with zero attached hydrogens (tertiary/aromatic N) is 1. The molecule has 0 aliphatic heterocycles. The predicted octanol–water partition coefficient (Wildman–Crippen LogP) is -0.00120. The van der Waals surface area contributed by atoms with Crippen LogP contribution in [0.4, 0.5) is 0 Å². The highest BCUT2D eigenvalue weighted by atomic mass is 32.2. The number of hydrogen-bond donors (Lipinski definition) is 0. The van der Waals surface area contributed by atoms with E-state index in [1.54, 1.807) is 6.92 Å². The van der Waals surface area contributed by atoms with Crippen LogP contribution < -0.4 is 0 Å². The molecule has 6 nitrogen and oxygen atoms in total. The van der Waals surface area contributed by atoms with Gasteiger partial charge in [-0.2, -0.15) is 0 Å². The first-order chi connectivity index (χ1) is 8.30. The van der Waals surface area contributed by atoms with E-state index in [1.165, 1.54) is 11.0 Å². The van der Waals surface area contributed by atoms with Crippen LogP contribution in [0.15, 0.2) is 12.7 Å². The summed E-state index contributed by atoms with van der Waals surface area (Å²) in [6, 6.07) is 0. The summed E-state index contributed by atoms with van der Waals surface area (Å²) in [4.78, 5) is 24.2. The first-order valence-electron chi connectivity index (χ1n) is 5.52. The van der Waals surface area contributed by atoms with E-state index in [0.717, 1.165) is 6.26 Å². The topological polar surface area (TPSA) is 80.8 Å². The average molecular weight is 277 g/mol. The fraction of sp³-hybridized carbons (Fsp3) is 0.636. The van der Waals surface area contributed by atoms with Crippen LogP contribution in [-0.2, 0) is 24.2 Å². The molecule has 0 heterocycles. The van der Waals surface area contributed by atoms with Gasteiger partial charge in [0, 0.05) is 19.2 Å². The third-order valence-corrected chi connectivity index (χ3v) is 2.96. The highest BCUT2D eigenvalue weighted by Crippen LogP contribution is 1.99. The zero-order valence-corrected chi connectivity index (χ0v) is 11.5. The number of carbonyl (C=O) groups is 2. The molecule has 0 aliphatic rings. The van der Waals surface area contributed by atoms with Crippen LogP contribution in [0.5, 0.6) is 0 Å². The molecule has 7 heteroatoms. The average Bonchev–Trinajstić information content (AvgIpc) is 2.24. The van der Waals surface area contributed by atoms with E-state index in [9.17, 15) is 18.0 Å². The Morgan fingerprint density at radius 2 is 2.00 bits per heavy atom. The molecule has 0 aromatic carbocycles. The van der Waals surface area contributed by atoms with Crippen LogP contribution in [0.3, 0.4) is 0 Å². The van der Waals surface area contributed by atoms with Crippen molar-refractivity contribution in [3.05, 3.63) is 12.7 Å². The Labute approximate surface area is 108 Å². The van der Waals surface area contributed by atoms with Gasteiger partial charge in [0.05, 0.1) is 12.4 Å². The molecule has 0 aromatic heterocycles. The number of ether oxygens (including phenoxy) is 1. The van der Waals surface area contributed by atoms with Gasteiger partial charge >= 0.3 is 5.97 Å². The number of esters is 1. The number of hydrogen-bond acceptors (Lipinski definition) is 5. The van der Waals surface area contributed by atoms with E-state index in [-0.39, 0.29) is 31.9 Å². The first-order valence-corrected chi connectivity index (χ1v) is 7.58. The zero-order chi connectivity index (χ0) is 14.2. The van der Waals surface area contributed by atoms with Crippen molar-refractivity contribution < 1.29 is 22.7 Å². The lowest BCUT2D eigenvalue weighted by molar-refractivity contribution is -0.148. The predicted molar refractivity (Wildman–Crippen MR) is 67.7 cm³/mol. The maximum Gasteiger partial charge on any atom is 0.325 e. The molecule has 18 heavy (non-hydrogen) atoms. The van der Waals surface area contributed by atoms with Crippen molar-refractivity contribution in [2.75, 3.05) is 31.7 Å². The van der Waals surface area contributed by atoms with E-state index in [1.807, 2.05) is 0 Å². The Bertz CT molecular complexity index is 402. The number of amides is 1. The van der Waals surface area contributed by atoms with Gasteiger partial charge in [-0.15, -0.1) is 6.58 Å². The fourth-order valence-electron chi connectivity index (χ4n) is 1.20. The first kappa shape index (κ1) is 16.6. The maximum absolute atomic E-state index is 11.7. The molecule has 0 bridgehead atoms. The Morgan fingerprint density at radius 1 is 1.39 bits per heavy atom. The molecule has 0 aliphatic carbocycles. The minimum absolute atomic E-state index is 0.147. The molecule has 0 unspecified atom stereocenters. The summed E-state index contributed by atoms with van der Waals surface area (Å²) in [5.74, 6) is -1.16. The lowest BCUT2D eigenvalue weighted by Gasteiger charge is -2.19. The van der Waals surface area contributed by atoms with Gasteiger partial charge in [-0.25, -0.2) is 8.42 Å². The van der Waals surface area contributed by atoms with Gasteiger partial charge in [0.25, 0.3) is 0 Å². The van der Waals surface area contributed by atoms with Gasteiger partial charge in [0.2, 0.25) is 5.91 Å². The molecule has 0 radical (unpaired) electrons. The van der Waals surface area contributed by atoms with Crippen molar-refractivity contribution in [3.8, 4) is 0 Å². The Morgan fingerprint density at radius 3 is 2.44 bits per heavy atom. The van der Waals surface area contributed by atoms with E-state index < -0.39 is 21.7 Å². The van der Waals surface area contributed by atoms with Crippen molar-refractivity contribution in [2.24, 2.45) is 0 Å². The smallest absolute Gasteiger partial charge is 0.325 e. The lowest BCUT2D eigenvalue weighted by Crippen LogP contribution is -2.37. The van der Waals surface area contributed by atoms with Gasteiger partial charge in [-0.1, -0.05) is 6.08 Å². The van der Waals surface area contributed by atoms with Crippen molar-refractivity contribution >= 4 is 21.7 Å². The summed E-state index contributed by atoms with van der Waals surface area (Å²) in [5.41, 5.74) is 0. The van der Waals surface area contributed by atoms with Gasteiger partial charge in [0.15, 0.2) is 0 Å². The van der Waals surface area contributed by atoms with E-state index in [4.69, 9.17) is 4.74 Å². The van der Waals surface area contributed by atoms with Crippen LogP contribution in [0.25, 0.3) is 0 Å². The molecule has 0 saturated carbocycles. The molecular formula is C11H19NO5S. The summed E-state index contributed by atoms with van der Waals surface area (Å²) in [5, 5.41) is 0. The van der Waals surface area contributed by atoms with Crippen LogP contribution >= 0.6 is 0 Å². The Balaban J connectivity index is 4.44. The highest BCUT2D eigenvalue weighted by Gasteiger charge is 2.18. The normalized spacial score (nSPS) is 10.8. The van der Waals surface area contributed by atoms with Crippen molar-refractivity contribution in [1.29, 1.82) is 0 Å². The number of sulfone groups is 1. The van der Waals surface area contributed by atoms with Gasteiger partial charge in [-0.3, -0.25) is 9.59 Å². The second kappa shape index (κ2) is 7.86. The third-order valence-electron chi connectivity index (χ3n) is 2.01. The molecular weight excluding hydrogens is 258 g/mol. The lowest BCUT2D eigenvalue weighted by atomic mass is 10.3. The van der Waals surface area contributed by atoms with Crippen molar-refractivity contribution in [1.82, 2.24) is 4.90 Å². The van der Waals surface area contributed by atoms with Crippen LogP contribution in [-0.4, -0.2) is 56.9 Å². The Kier molecular flexibility index (Phi) is 7.26. The summed E-state index contributed by atoms with van der Waals surface area (Å²) in [7, 11) is -3.20. The molecule has 104 valence electrons. The van der Waals surface area contributed by atoms with Crippen molar-refractivity contribution in [3.63, 3.8) is 0 Å². The maximum atomic E-state index is 11.7. The molecule has 0 fully saturated rings. The molecule has 0 saturated heterocycles. The molecule has 0 aromatic rings. The highest BCUT2D eigenvalue weighted by molar-refractivity contribution is 7.90. The SMILES string of the molecule is C=CCN(CC(=O)OCC)C(=O)CCS(C)(=O)=O. The zero-order valence-electron chi connectivity index (χ0n) is 10.7. The second-order valence-corrected chi connectivity index (χ2v) is 6.01. The standard InChI is InChI=1S/C11H19NO5S/c1-4-7-12(9-11(14)17-5-2)10(13)6-8-18(3,15)16/h4H,1,5-9H2,2-3H3. The molecule has 1 amide bonds. The Hall–Kier alpha value is -1.37. The minimum atomic E-state index is -3.20. The third kappa shape index (κ3) is 7.83. The van der Waals surface area contributed by atoms with E-state index >= 15 is 0 Å². The second-order valence-electron chi connectivity index (χ2n) is 3.75. The van der Waals surface area contributed by atoms with Gasteiger partial charge in [0.1, 0.15) is 16.4 Å². The monoisotopic (exact) mass is 277 g/mol. The summed E-state index contributed by atoms with van der Waals surface area (Å²) < 4.78 is 26.6. The molecule has 0 rings (SSSR count). The van der Waals surface area contributed by atoms with Crippen LogP contribution in [0.2, 0.25) is 0 Å². The van der Waals surface area contributed by atoms with Crippen LogP contribution in [0, 0.1) is 0 Å².